The Morgan fingerprint density at radius 2 is 1.27 bits per heavy atom. The Labute approximate surface area is 133 Å². The first-order valence-electron chi connectivity index (χ1n) is 7.68. The van der Waals surface area contributed by atoms with Gasteiger partial charge in [-0.3, -0.25) is 9.59 Å². The predicted molar refractivity (Wildman–Crippen MR) is 84.9 cm³/mol. The number of carboxylic acids is 1. The van der Waals surface area contributed by atoms with Crippen molar-refractivity contribution in [3.63, 3.8) is 0 Å². The molecule has 0 rings (SSSR count). The van der Waals surface area contributed by atoms with Crippen LogP contribution in [0.5, 0.6) is 0 Å². The Bertz CT molecular complexity index is 335. The van der Waals surface area contributed by atoms with Gasteiger partial charge >= 0.3 is 5.97 Å². The van der Waals surface area contributed by atoms with E-state index >= 15 is 0 Å². The predicted octanol–water partition coefficient (Wildman–Crippen LogP) is 2.31. The molecule has 1 N–H and O–H groups in total. The highest BCUT2D eigenvalue weighted by atomic mass is 16.5. The Balaban J connectivity index is 4.41. The second-order valence-electron chi connectivity index (χ2n) is 7.20. The number of hydrogen-bond acceptors (Lipinski definition) is 4. The average molecular weight is 317 g/mol. The minimum atomic E-state index is -0.967. The van der Waals surface area contributed by atoms with E-state index in [1.165, 1.54) is 0 Å². The molecular weight excluding hydrogens is 286 g/mol. The molecule has 0 unspecified atom stereocenters. The number of hydrogen-bond donors (Lipinski definition) is 1. The largest absolute Gasteiger partial charge is 0.481 e. The van der Waals surface area contributed by atoms with E-state index in [9.17, 15) is 9.59 Å². The van der Waals surface area contributed by atoms with Crippen molar-refractivity contribution >= 4 is 11.9 Å². The molecule has 0 atom stereocenters. The molecule has 0 aromatic heterocycles. The van der Waals surface area contributed by atoms with Crippen LogP contribution in [0, 0.1) is 0 Å². The lowest BCUT2D eigenvalue weighted by molar-refractivity contribution is -0.142. The summed E-state index contributed by atoms with van der Waals surface area (Å²) in [6.45, 7) is 13.4. The topological polar surface area (TPSA) is 76.1 Å². The van der Waals surface area contributed by atoms with Gasteiger partial charge < -0.3 is 19.5 Å². The molecule has 6 nitrogen and oxygen atoms in total. The second-order valence-corrected chi connectivity index (χ2v) is 7.20. The maximum Gasteiger partial charge on any atom is 0.303 e. The van der Waals surface area contributed by atoms with Gasteiger partial charge in [-0.15, -0.1) is 0 Å². The summed E-state index contributed by atoms with van der Waals surface area (Å²) in [4.78, 5) is 24.3. The zero-order valence-electron chi connectivity index (χ0n) is 14.8. The molecular formula is C16H31NO5. The lowest BCUT2D eigenvalue weighted by Gasteiger charge is -2.27. The van der Waals surface area contributed by atoms with E-state index in [4.69, 9.17) is 14.6 Å². The molecule has 0 saturated heterocycles. The molecule has 0 aromatic carbocycles. The summed E-state index contributed by atoms with van der Waals surface area (Å²) in [6, 6.07) is 0. The third kappa shape index (κ3) is 12.6. The van der Waals surface area contributed by atoms with Gasteiger partial charge in [-0.1, -0.05) is 0 Å². The van der Waals surface area contributed by atoms with Gasteiger partial charge in [0.1, 0.15) is 0 Å². The van der Waals surface area contributed by atoms with Gasteiger partial charge in [-0.2, -0.15) is 0 Å². The first-order chi connectivity index (χ1) is 9.91. The molecule has 0 fully saturated rings. The van der Waals surface area contributed by atoms with E-state index in [2.05, 4.69) is 0 Å². The van der Waals surface area contributed by atoms with Crippen molar-refractivity contribution in [3.05, 3.63) is 0 Å². The van der Waals surface area contributed by atoms with Crippen LogP contribution in [0.15, 0.2) is 0 Å². The zero-order valence-corrected chi connectivity index (χ0v) is 14.8. The quantitative estimate of drug-likeness (QED) is 0.706. The van der Waals surface area contributed by atoms with Crippen LogP contribution in [0.3, 0.4) is 0 Å². The summed E-state index contributed by atoms with van der Waals surface area (Å²) < 4.78 is 11.3. The highest BCUT2D eigenvalue weighted by molar-refractivity contribution is 5.80. The molecule has 0 saturated carbocycles. The molecule has 0 aromatic rings. The Hall–Kier alpha value is -1.14. The summed E-state index contributed by atoms with van der Waals surface area (Å²) in [5, 5.41) is 8.69. The second kappa shape index (κ2) is 9.10. The van der Waals surface area contributed by atoms with Crippen molar-refractivity contribution in [3.8, 4) is 0 Å². The van der Waals surface area contributed by atoms with Crippen LogP contribution in [0.25, 0.3) is 0 Å². The summed E-state index contributed by atoms with van der Waals surface area (Å²) in [5.74, 6) is -1.15. The minimum absolute atomic E-state index is 0.000366. The molecule has 0 heterocycles. The first-order valence-corrected chi connectivity index (χ1v) is 7.68. The van der Waals surface area contributed by atoms with Gasteiger partial charge in [0.15, 0.2) is 0 Å². The number of nitrogens with zero attached hydrogens (tertiary/aromatic N) is 1. The van der Waals surface area contributed by atoms with Gasteiger partial charge in [0.25, 0.3) is 0 Å². The molecule has 22 heavy (non-hydrogen) atoms. The van der Waals surface area contributed by atoms with Gasteiger partial charge in [0.05, 0.1) is 30.8 Å². The van der Waals surface area contributed by atoms with E-state index in [1.54, 1.807) is 4.90 Å². The monoisotopic (exact) mass is 317 g/mol. The molecule has 0 aliphatic rings. The first kappa shape index (κ1) is 20.9. The maximum absolute atomic E-state index is 12.1. The third-order valence-corrected chi connectivity index (χ3v) is 2.70. The molecule has 0 aliphatic carbocycles. The maximum atomic E-state index is 12.1. The fourth-order valence-corrected chi connectivity index (χ4v) is 1.66. The Kier molecular flexibility index (Phi) is 8.63. The van der Waals surface area contributed by atoms with Crippen molar-refractivity contribution in [2.24, 2.45) is 0 Å². The van der Waals surface area contributed by atoms with Crippen LogP contribution in [0.2, 0.25) is 0 Å². The zero-order chi connectivity index (χ0) is 17.4. The molecule has 1 amide bonds. The minimum Gasteiger partial charge on any atom is -0.481 e. The number of rotatable bonds is 9. The number of carbonyl (C=O) groups is 2. The normalized spacial score (nSPS) is 12.3. The van der Waals surface area contributed by atoms with Crippen molar-refractivity contribution in [1.82, 2.24) is 4.90 Å². The average Bonchev–Trinajstić information content (AvgIpc) is 2.31. The van der Waals surface area contributed by atoms with Crippen LogP contribution in [-0.4, -0.2) is 59.4 Å². The van der Waals surface area contributed by atoms with Crippen LogP contribution >= 0.6 is 0 Å². The smallest absolute Gasteiger partial charge is 0.303 e. The third-order valence-electron chi connectivity index (χ3n) is 2.70. The van der Waals surface area contributed by atoms with Gasteiger partial charge in [-0.25, -0.2) is 0 Å². The Morgan fingerprint density at radius 3 is 1.59 bits per heavy atom. The van der Waals surface area contributed by atoms with Crippen molar-refractivity contribution in [2.45, 2.75) is 65.6 Å². The number of ether oxygens (including phenoxy) is 2. The molecule has 6 heteroatoms. The van der Waals surface area contributed by atoms with Gasteiger partial charge in [0, 0.05) is 19.5 Å². The highest BCUT2D eigenvalue weighted by Gasteiger charge is 2.18. The van der Waals surface area contributed by atoms with E-state index in [0.717, 1.165) is 0 Å². The fourth-order valence-electron chi connectivity index (χ4n) is 1.66. The highest BCUT2D eigenvalue weighted by Crippen LogP contribution is 2.09. The van der Waals surface area contributed by atoms with Crippen molar-refractivity contribution in [1.29, 1.82) is 0 Å². The summed E-state index contributed by atoms with van der Waals surface area (Å²) >= 11 is 0. The van der Waals surface area contributed by atoms with E-state index in [1.807, 2.05) is 41.5 Å². The van der Waals surface area contributed by atoms with E-state index in [0.29, 0.717) is 26.3 Å². The van der Waals surface area contributed by atoms with Gasteiger partial charge in [-0.05, 0) is 41.5 Å². The summed E-state index contributed by atoms with van der Waals surface area (Å²) in [6.07, 6.45) is -0.157. The van der Waals surface area contributed by atoms with Crippen LogP contribution in [0.4, 0.5) is 0 Å². The van der Waals surface area contributed by atoms with E-state index in [-0.39, 0.29) is 30.0 Å². The molecule has 0 spiro atoms. The number of carbonyl (C=O) groups excluding carboxylic acids is 1. The van der Waals surface area contributed by atoms with Crippen molar-refractivity contribution in [2.75, 3.05) is 26.3 Å². The standard InChI is InChI=1S/C16H31NO5/c1-15(2,3)21-11-9-17(10-12-22-16(4,5)6)13(18)7-8-14(19)20/h7-12H2,1-6H3,(H,19,20). The van der Waals surface area contributed by atoms with Gasteiger partial charge in [0.2, 0.25) is 5.91 Å². The molecule has 0 radical (unpaired) electrons. The summed E-state index contributed by atoms with van der Waals surface area (Å²) in [7, 11) is 0. The van der Waals surface area contributed by atoms with E-state index < -0.39 is 5.97 Å². The number of amides is 1. The lowest BCUT2D eigenvalue weighted by Crippen LogP contribution is -2.39. The van der Waals surface area contributed by atoms with Crippen molar-refractivity contribution < 1.29 is 24.2 Å². The van der Waals surface area contributed by atoms with Crippen LogP contribution in [0.1, 0.15) is 54.4 Å². The SMILES string of the molecule is CC(C)(C)OCCN(CCOC(C)(C)C)C(=O)CCC(=O)O. The summed E-state index contributed by atoms with van der Waals surface area (Å²) in [5.41, 5.74) is -0.532. The fraction of sp³-hybridized carbons (Fsp3) is 0.875. The molecule has 0 aliphatic heterocycles. The van der Waals surface area contributed by atoms with Crippen LogP contribution in [-0.2, 0) is 19.1 Å². The Morgan fingerprint density at radius 1 is 0.864 bits per heavy atom. The number of aliphatic carboxylic acids is 1. The molecule has 130 valence electrons. The molecule has 0 bridgehead atoms. The lowest BCUT2D eigenvalue weighted by atomic mass is 10.2. The number of carboxylic acid groups (broad SMARTS) is 1. The van der Waals surface area contributed by atoms with Crippen LogP contribution < -0.4 is 0 Å².